The van der Waals surface area contributed by atoms with E-state index >= 15 is 0 Å². The van der Waals surface area contributed by atoms with Gasteiger partial charge in [0.15, 0.2) is 0 Å². The Morgan fingerprint density at radius 1 is 0.581 bits per heavy atom. The molecule has 0 bridgehead atoms. The van der Waals surface area contributed by atoms with E-state index in [1.807, 2.05) is 12.1 Å². The number of hydrogen-bond acceptors (Lipinski definition) is 2. The van der Waals surface area contributed by atoms with Crippen LogP contribution in [0, 0.1) is 0 Å². The zero-order chi connectivity index (χ0) is 22.5. The Morgan fingerprint density at radius 3 is 1.52 bits per heavy atom. The molecular weight excluding hydrogens is 380 g/mol. The summed E-state index contributed by atoms with van der Waals surface area (Å²) in [6.45, 7) is 6.64. The van der Waals surface area contributed by atoms with Crippen LogP contribution in [0.5, 0.6) is 11.5 Å². The van der Waals surface area contributed by atoms with Crippen LogP contribution in [-0.4, -0.2) is 10.2 Å². The minimum atomic E-state index is 0.313. The Balaban J connectivity index is 2.26. The summed E-state index contributed by atoms with van der Waals surface area (Å²) in [4.78, 5) is 0. The summed E-state index contributed by atoms with van der Waals surface area (Å²) in [7, 11) is 0. The highest BCUT2D eigenvalue weighted by molar-refractivity contribution is 5.44. The van der Waals surface area contributed by atoms with E-state index in [9.17, 15) is 10.2 Å². The predicted molar refractivity (Wildman–Crippen MR) is 133 cm³/mol. The van der Waals surface area contributed by atoms with E-state index < -0.39 is 0 Å². The number of unbranched alkanes of at least 4 members (excludes halogenated alkanes) is 7. The number of phenolic OH excluding ortho intramolecular Hbond substituents is 2. The topological polar surface area (TPSA) is 40.5 Å². The molecule has 0 saturated heterocycles. The van der Waals surface area contributed by atoms with E-state index in [2.05, 4.69) is 45.0 Å². The molecule has 0 saturated carbocycles. The Labute approximate surface area is 190 Å². The summed E-state index contributed by atoms with van der Waals surface area (Å²) in [6, 6.07) is 12.4. The highest BCUT2D eigenvalue weighted by Crippen LogP contribution is 2.35. The second-order valence-corrected chi connectivity index (χ2v) is 9.09. The molecular formula is C29H44O2. The van der Waals surface area contributed by atoms with E-state index in [0.29, 0.717) is 17.4 Å². The summed E-state index contributed by atoms with van der Waals surface area (Å²) in [6.07, 6.45) is 15.2. The van der Waals surface area contributed by atoms with Gasteiger partial charge in [-0.1, -0.05) is 96.4 Å². The number of phenols is 2. The molecule has 2 aromatic rings. The summed E-state index contributed by atoms with van der Waals surface area (Å²) >= 11 is 0. The molecule has 0 aliphatic carbocycles. The molecule has 31 heavy (non-hydrogen) atoms. The third kappa shape index (κ3) is 8.24. The normalized spacial score (nSPS) is 11.4. The molecule has 2 aromatic carbocycles. The molecule has 0 heterocycles. The molecule has 0 aliphatic heterocycles. The summed E-state index contributed by atoms with van der Waals surface area (Å²) < 4.78 is 0. The van der Waals surface area contributed by atoms with Crippen molar-refractivity contribution in [2.45, 2.75) is 110 Å². The standard InChI is InChI=1S/C29H44O2/c1-4-7-10-11-12-13-16-27(23-17-19-28(30)25(21-23)14-8-5-2)24-18-20-29(31)26(22-24)15-9-6-3/h17-22,27,30-31H,4-16H2,1-3H3. The van der Waals surface area contributed by atoms with Crippen LogP contribution in [0.15, 0.2) is 36.4 Å². The molecule has 2 heteroatoms. The molecule has 0 spiro atoms. The van der Waals surface area contributed by atoms with E-state index in [-0.39, 0.29) is 0 Å². The van der Waals surface area contributed by atoms with Gasteiger partial charge in [0.2, 0.25) is 0 Å². The van der Waals surface area contributed by atoms with Gasteiger partial charge in [-0.3, -0.25) is 0 Å². The van der Waals surface area contributed by atoms with Gasteiger partial charge in [-0.05, 0) is 66.5 Å². The van der Waals surface area contributed by atoms with E-state index in [4.69, 9.17) is 0 Å². The Morgan fingerprint density at radius 2 is 1.03 bits per heavy atom. The fraction of sp³-hybridized carbons (Fsp3) is 0.586. The molecule has 2 nitrogen and oxygen atoms in total. The van der Waals surface area contributed by atoms with Crippen molar-refractivity contribution in [1.82, 2.24) is 0 Å². The smallest absolute Gasteiger partial charge is 0.118 e. The fourth-order valence-corrected chi connectivity index (χ4v) is 4.43. The first-order valence-corrected chi connectivity index (χ1v) is 12.7. The molecule has 0 fully saturated rings. The second kappa shape index (κ2) is 14.2. The average Bonchev–Trinajstić information content (AvgIpc) is 2.78. The fourth-order valence-electron chi connectivity index (χ4n) is 4.43. The summed E-state index contributed by atoms with van der Waals surface area (Å²) in [5.41, 5.74) is 4.73. The molecule has 0 aromatic heterocycles. The highest BCUT2D eigenvalue weighted by atomic mass is 16.3. The van der Waals surface area contributed by atoms with Gasteiger partial charge in [-0.25, -0.2) is 0 Å². The second-order valence-electron chi connectivity index (χ2n) is 9.09. The van der Waals surface area contributed by atoms with Crippen molar-refractivity contribution < 1.29 is 10.2 Å². The van der Waals surface area contributed by atoms with Crippen LogP contribution in [0.3, 0.4) is 0 Å². The quantitative estimate of drug-likeness (QED) is 0.281. The van der Waals surface area contributed by atoms with Gasteiger partial charge < -0.3 is 10.2 Å². The molecule has 0 aliphatic rings. The maximum Gasteiger partial charge on any atom is 0.118 e. The molecule has 2 rings (SSSR count). The largest absolute Gasteiger partial charge is 0.508 e. The lowest BCUT2D eigenvalue weighted by Crippen LogP contribution is -2.04. The van der Waals surface area contributed by atoms with E-state index in [1.165, 1.54) is 49.7 Å². The first kappa shape index (κ1) is 25.3. The van der Waals surface area contributed by atoms with Gasteiger partial charge in [0.25, 0.3) is 0 Å². The molecule has 0 unspecified atom stereocenters. The zero-order valence-electron chi connectivity index (χ0n) is 20.1. The van der Waals surface area contributed by atoms with Crippen molar-refractivity contribution in [3.63, 3.8) is 0 Å². The van der Waals surface area contributed by atoms with Crippen LogP contribution in [0.4, 0.5) is 0 Å². The number of rotatable bonds is 15. The zero-order valence-corrected chi connectivity index (χ0v) is 20.1. The van der Waals surface area contributed by atoms with Gasteiger partial charge in [-0.2, -0.15) is 0 Å². The van der Waals surface area contributed by atoms with Gasteiger partial charge in [0.05, 0.1) is 0 Å². The van der Waals surface area contributed by atoms with Crippen molar-refractivity contribution in [2.75, 3.05) is 0 Å². The van der Waals surface area contributed by atoms with Crippen molar-refractivity contribution in [1.29, 1.82) is 0 Å². The van der Waals surface area contributed by atoms with Crippen LogP contribution >= 0.6 is 0 Å². The third-order valence-electron chi connectivity index (χ3n) is 6.46. The van der Waals surface area contributed by atoms with Crippen molar-refractivity contribution in [2.24, 2.45) is 0 Å². The summed E-state index contributed by atoms with van der Waals surface area (Å²) in [5.74, 6) is 1.16. The number of aryl methyl sites for hydroxylation is 2. The SMILES string of the molecule is CCCCCCCCC(c1ccc(O)c(CCCC)c1)c1ccc(O)c(CCCC)c1. The van der Waals surface area contributed by atoms with Crippen molar-refractivity contribution in [3.05, 3.63) is 58.7 Å². The van der Waals surface area contributed by atoms with Crippen LogP contribution in [-0.2, 0) is 12.8 Å². The van der Waals surface area contributed by atoms with Crippen molar-refractivity contribution >= 4 is 0 Å². The highest BCUT2D eigenvalue weighted by Gasteiger charge is 2.17. The first-order valence-electron chi connectivity index (χ1n) is 12.7. The number of benzene rings is 2. The lowest BCUT2D eigenvalue weighted by molar-refractivity contribution is 0.466. The van der Waals surface area contributed by atoms with Crippen LogP contribution in [0.25, 0.3) is 0 Å². The maximum atomic E-state index is 10.4. The van der Waals surface area contributed by atoms with Crippen LogP contribution in [0.1, 0.15) is 120 Å². The molecule has 172 valence electrons. The first-order chi connectivity index (χ1) is 15.1. The molecule has 0 radical (unpaired) electrons. The van der Waals surface area contributed by atoms with Crippen LogP contribution in [0.2, 0.25) is 0 Å². The maximum absolute atomic E-state index is 10.4. The Kier molecular flexibility index (Phi) is 11.6. The van der Waals surface area contributed by atoms with E-state index in [0.717, 1.165) is 56.1 Å². The molecule has 2 N–H and O–H groups in total. The van der Waals surface area contributed by atoms with Crippen LogP contribution < -0.4 is 0 Å². The Bertz CT molecular complexity index is 708. The van der Waals surface area contributed by atoms with Crippen molar-refractivity contribution in [3.8, 4) is 11.5 Å². The van der Waals surface area contributed by atoms with Gasteiger partial charge in [0, 0.05) is 5.92 Å². The average molecular weight is 425 g/mol. The molecule has 0 amide bonds. The lowest BCUT2D eigenvalue weighted by atomic mass is 9.84. The predicted octanol–water partition coefficient (Wildman–Crippen LogP) is 8.67. The monoisotopic (exact) mass is 424 g/mol. The third-order valence-corrected chi connectivity index (χ3v) is 6.46. The number of aromatic hydroxyl groups is 2. The Hall–Kier alpha value is -1.96. The number of hydrogen-bond donors (Lipinski definition) is 2. The van der Waals surface area contributed by atoms with Gasteiger partial charge in [0.1, 0.15) is 11.5 Å². The molecule has 0 atom stereocenters. The van der Waals surface area contributed by atoms with E-state index in [1.54, 1.807) is 0 Å². The minimum Gasteiger partial charge on any atom is -0.508 e. The summed E-state index contributed by atoms with van der Waals surface area (Å²) in [5, 5.41) is 20.7. The van der Waals surface area contributed by atoms with Gasteiger partial charge >= 0.3 is 0 Å². The lowest BCUT2D eigenvalue weighted by Gasteiger charge is -2.21. The van der Waals surface area contributed by atoms with Gasteiger partial charge in [-0.15, -0.1) is 0 Å². The minimum absolute atomic E-state index is 0.313.